The topological polar surface area (TPSA) is 221 Å². The number of nitrogens with one attached hydrogen (secondary N) is 4. The average Bonchev–Trinajstić information content (AvgIpc) is 2.89. The standard InChI is InChI=1S/C24H16N8O8/c33-29(34)21-11-23(31(37)38)19-9-17(21)25-13-4-3-5-14(8-13)26-18-10-20(24(32(39)40)12-22(18)30(35)36)28-16-7-2-1-6-15(16)27-19/h1-12,25-28H. The van der Waals surface area contributed by atoms with Crippen molar-refractivity contribution in [3.8, 4) is 0 Å². The summed E-state index contributed by atoms with van der Waals surface area (Å²) in [6, 6.07) is 16.5. The number of anilines is 8. The maximum absolute atomic E-state index is 11.9. The summed E-state index contributed by atoms with van der Waals surface area (Å²) >= 11 is 0. The molecule has 1 heterocycles. The lowest BCUT2D eigenvalue weighted by Gasteiger charge is -2.16. The minimum atomic E-state index is -0.776. The molecule has 0 atom stereocenters. The van der Waals surface area contributed by atoms with Crippen molar-refractivity contribution in [2.75, 3.05) is 21.3 Å². The molecule has 0 amide bonds. The molecule has 16 heteroatoms. The minimum Gasteiger partial charge on any atom is -0.350 e. The molecular weight excluding hydrogens is 528 g/mol. The van der Waals surface area contributed by atoms with Crippen LogP contribution >= 0.6 is 0 Å². The number of hydrogen-bond donors (Lipinski definition) is 4. The van der Waals surface area contributed by atoms with E-state index in [1.165, 1.54) is 30.3 Å². The summed E-state index contributed by atoms with van der Waals surface area (Å²) < 4.78 is 0. The van der Waals surface area contributed by atoms with E-state index in [0.717, 1.165) is 12.1 Å². The van der Waals surface area contributed by atoms with Crippen molar-refractivity contribution >= 4 is 68.2 Å². The highest BCUT2D eigenvalue weighted by Gasteiger charge is 2.28. The maximum Gasteiger partial charge on any atom is 0.299 e. The largest absolute Gasteiger partial charge is 0.350 e. The van der Waals surface area contributed by atoms with Gasteiger partial charge in [0, 0.05) is 11.4 Å². The Morgan fingerprint density at radius 2 is 0.750 bits per heavy atom. The fourth-order valence-corrected chi connectivity index (χ4v) is 4.14. The first-order valence-electron chi connectivity index (χ1n) is 11.3. The Hall–Kier alpha value is -6.32. The second-order valence-electron chi connectivity index (χ2n) is 8.43. The first-order chi connectivity index (χ1) is 19.1. The summed E-state index contributed by atoms with van der Waals surface area (Å²) in [5.41, 5.74) is -1.58. The predicted octanol–water partition coefficient (Wildman–Crippen LogP) is 6.61. The summed E-state index contributed by atoms with van der Waals surface area (Å²) in [4.78, 5) is 44.3. The van der Waals surface area contributed by atoms with Gasteiger partial charge in [0.2, 0.25) is 0 Å². The van der Waals surface area contributed by atoms with E-state index in [9.17, 15) is 40.5 Å². The first-order valence-corrected chi connectivity index (χ1v) is 11.3. The summed E-state index contributed by atoms with van der Waals surface area (Å²) in [5.74, 6) is 0. The third-order valence-electron chi connectivity index (χ3n) is 5.90. The van der Waals surface area contributed by atoms with E-state index in [-0.39, 0.29) is 34.1 Å². The van der Waals surface area contributed by atoms with Crippen LogP contribution in [0.1, 0.15) is 0 Å². The van der Waals surface area contributed by atoms with Crippen molar-refractivity contribution in [1.29, 1.82) is 0 Å². The van der Waals surface area contributed by atoms with Crippen LogP contribution in [-0.4, -0.2) is 19.7 Å². The molecule has 0 aliphatic carbocycles. The van der Waals surface area contributed by atoms with Gasteiger partial charge in [0.05, 0.1) is 43.2 Å². The first kappa shape index (κ1) is 25.3. The van der Waals surface area contributed by atoms with Gasteiger partial charge < -0.3 is 21.3 Å². The molecule has 0 saturated heterocycles. The van der Waals surface area contributed by atoms with Gasteiger partial charge in [-0.05, 0) is 42.5 Å². The van der Waals surface area contributed by atoms with E-state index in [1.807, 2.05) is 0 Å². The molecule has 40 heavy (non-hydrogen) atoms. The SMILES string of the molecule is O=[N+]([O-])c1cc([N+](=O)[O-])c2cc1Nc1cccc(c1)Nc1cc(c([N+](=O)[O-])cc1[N+](=O)[O-])Nc1ccccc1N2. The van der Waals surface area contributed by atoms with Crippen LogP contribution in [0.3, 0.4) is 0 Å². The van der Waals surface area contributed by atoms with Crippen LogP contribution in [-0.2, 0) is 0 Å². The van der Waals surface area contributed by atoms with E-state index < -0.39 is 42.4 Å². The molecule has 4 aromatic carbocycles. The van der Waals surface area contributed by atoms with Gasteiger partial charge in [-0.1, -0.05) is 18.2 Å². The van der Waals surface area contributed by atoms with E-state index in [1.54, 1.807) is 30.3 Å². The number of rotatable bonds is 4. The van der Waals surface area contributed by atoms with Gasteiger partial charge in [-0.25, -0.2) is 0 Å². The Labute approximate surface area is 222 Å². The molecular formula is C24H16N8O8. The zero-order valence-corrected chi connectivity index (χ0v) is 20.0. The molecule has 0 unspecified atom stereocenters. The predicted molar refractivity (Wildman–Crippen MR) is 146 cm³/mol. The summed E-state index contributed by atoms with van der Waals surface area (Å²) in [6.45, 7) is 0. The van der Waals surface area contributed by atoms with Crippen molar-refractivity contribution in [2.24, 2.45) is 0 Å². The molecule has 0 fully saturated rings. The highest BCUT2D eigenvalue weighted by atomic mass is 16.6. The van der Waals surface area contributed by atoms with Gasteiger partial charge in [-0.15, -0.1) is 0 Å². The fraction of sp³-hybridized carbons (Fsp3) is 0. The average molecular weight is 544 g/mol. The van der Waals surface area contributed by atoms with Crippen LogP contribution < -0.4 is 21.3 Å². The zero-order chi connectivity index (χ0) is 28.6. The quantitative estimate of drug-likeness (QED) is 0.139. The van der Waals surface area contributed by atoms with E-state index in [4.69, 9.17) is 0 Å². The maximum atomic E-state index is 11.9. The summed E-state index contributed by atoms with van der Waals surface area (Å²) in [7, 11) is 0. The number of para-hydroxylation sites is 2. The van der Waals surface area contributed by atoms with Crippen molar-refractivity contribution in [3.63, 3.8) is 0 Å². The lowest BCUT2D eigenvalue weighted by atomic mass is 10.1. The van der Waals surface area contributed by atoms with Crippen LogP contribution in [0, 0.1) is 40.5 Å². The van der Waals surface area contributed by atoms with E-state index in [2.05, 4.69) is 21.3 Å². The van der Waals surface area contributed by atoms with Gasteiger partial charge in [-0.2, -0.15) is 0 Å². The number of benzene rings is 4. The van der Waals surface area contributed by atoms with Gasteiger partial charge in [-0.3, -0.25) is 40.5 Å². The normalized spacial score (nSPS) is 11.6. The van der Waals surface area contributed by atoms with Gasteiger partial charge >= 0.3 is 0 Å². The summed E-state index contributed by atoms with van der Waals surface area (Å²) in [6.07, 6.45) is 0. The summed E-state index contributed by atoms with van der Waals surface area (Å²) in [5, 5.41) is 58.9. The van der Waals surface area contributed by atoms with Crippen LogP contribution in [0.4, 0.5) is 68.2 Å². The zero-order valence-electron chi connectivity index (χ0n) is 20.0. The van der Waals surface area contributed by atoms with Crippen molar-refractivity contribution in [3.05, 3.63) is 113 Å². The number of hydrogen-bond acceptors (Lipinski definition) is 12. The number of nitro benzene ring substituents is 4. The van der Waals surface area contributed by atoms with E-state index >= 15 is 0 Å². The van der Waals surface area contributed by atoms with Gasteiger partial charge in [0.15, 0.2) is 0 Å². The van der Waals surface area contributed by atoms with E-state index in [0.29, 0.717) is 11.4 Å². The molecule has 4 aromatic rings. The molecule has 1 aliphatic heterocycles. The lowest BCUT2D eigenvalue weighted by molar-refractivity contribution is -0.393. The van der Waals surface area contributed by atoms with Crippen LogP contribution in [0.25, 0.3) is 0 Å². The third kappa shape index (κ3) is 4.82. The third-order valence-corrected chi connectivity index (χ3v) is 5.90. The van der Waals surface area contributed by atoms with Crippen LogP contribution in [0.2, 0.25) is 0 Å². The molecule has 1 aliphatic rings. The van der Waals surface area contributed by atoms with Crippen molar-refractivity contribution in [2.45, 2.75) is 0 Å². The second kappa shape index (κ2) is 9.86. The molecule has 0 aromatic heterocycles. The van der Waals surface area contributed by atoms with Crippen LogP contribution in [0.5, 0.6) is 0 Å². The van der Waals surface area contributed by atoms with Gasteiger partial charge in [0.1, 0.15) is 22.7 Å². The molecule has 0 saturated carbocycles. The molecule has 200 valence electrons. The molecule has 0 spiro atoms. The Bertz CT molecular complexity index is 1620. The van der Waals surface area contributed by atoms with Crippen molar-refractivity contribution < 1.29 is 19.7 Å². The fourth-order valence-electron chi connectivity index (χ4n) is 4.14. The van der Waals surface area contributed by atoms with Crippen molar-refractivity contribution in [1.82, 2.24) is 0 Å². The molecule has 0 radical (unpaired) electrons. The number of fused-ring (bicyclic) bond motifs is 7. The Kier molecular flexibility index (Phi) is 6.24. The van der Waals surface area contributed by atoms with Crippen LogP contribution in [0.15, 0.2) is 72.8 Å². The number of nitro groups is 4. The monoisotopic (exact) mass is 544 g/mol. The molecule has 6 bridgehead atoms. The minimum absolute atomic E-state index is 0.0715. The molecule has 4 N–H and O–H groups in total. The number of nitrogens with zero attached hydrogens (tertiary/aromatic N) is 4. The highest BCUT2D eigenvalue weighted by molar-refractivity contribution is 5.89. The second-order valence-corrected chi connectivity index (χ2v) is 8.43. The Morgan fingerprint density at radius 1 is 0.400 bits per heavy atom. The smallest absolute Gasteiger partial charge is 0.299 e. The molecule has 5 rings (SSSR count). The van der Waals surface area contributed by atoms with Gasteiger partial charge in [0.25, 0.3) is 22.7 Å². The molecule has 16 nitrogen and oxygen atoms in total. The lowest BCUT2D eigenvalue weighted by Crippen LogP contribution is -2.05. The Morgan fingerprint density at radius 3 is 1.10 bits per heavy atom. The highest BCUT2D eigenvalue weighted by Crippen LogP contribution is 2.43. The Balaban J connectivity index is 1.79.